The number of ether oxygens (including phenoxy) is 1. The van der Waals surface area contributed by atoms with Gasteiger partial charge in [-0.15, -0.1) is 0 Å². The van der Waals surface area contributed by atoms with E-state index in [1.807, 2.05) is 0 Å². The van der Waals surface area contributed by atoms with Crippen molar-refractivity contribution in [2.45, 2.75) is 12.8 Å². The Balaban J connectivity index is 1.34. The molecule has 4 rings (SSSR count). The molecule has 0 N–H and O–H groups in total. The summed E-state index contributed by atoms with van der Waals surface area (Å²) in [5, 5.41) is 9.72. The Bertz CT molecular complexity index is 948. The van der Waals surface area contributed by atoms with Gasteiger partial charge in [0.15, 0.2) is 0 Å². The number of rotatable bonds is 4. The second kappa shape index (κ2) is 7.47. The number of carbonyl (C=O) groups is 4. The largest absolute Gasteiger partial charge is 0.458 e. The van der Waals surface area contributed by atoms with Crippen molar-refractivity contribution >= 4 is 35.1 Å². The van der Waals surface area contributed by atoms with E-state index in [1.54, 1.807) is 36.5 Å². The molecule has 9 nitrogen and oxygen atoms in total. The Labute approximate surface area is 165 Å². The maximum absolute atomic E-state index is 11.5. The third kappa shape index (κ3) is 3.93. The summed E-state index contributed by atoms with van der Waals surface area (Å²) in [5.74, 6) is -0.692. The molecule has 0 atom stereocenters. The first kappa shape index (κ1) is 18.2. The van der Waals surface area contributed by atoms with Gasteiger partial charge in [0.05, 0.1) is 11.4 Å². The van der Waals surface area contributed by atoms with Crippen LogP contribution in [0.15, 0.2) is 82.5 Å². The van der Waals surface area contributed by atoms with Crippen LogP contribution in [0.25, 0.3) is 0 Å². The zero-order valence-corrected chi connectivity index (χ0v) is 15.0. The molecule has 0 aromatic carbocycles. The van der Waals surface area contributed by atoms with Crippen molar-refractivity contribution in [3.8, 4) is 0 Å². The number of amides is 4. The Morgan fingerprint density at radius 2 is 0.966 bits per heavy atom. The third-order valence-electron chi connectivity index (χ3n) is 4.17. The number of hydrogen-bond acceptors (Lipinski definition) is 7. The number of imide groups is 2. The van der Waals surface area contributed by atoms with E-state index < -0.39 is 23.6 Å². The van der Waals surface area contributed by atoms with Crippen LogP contribution in [0.5, 0.6) is 0 Å². The van der Waals surface area contributed by atoms with Crippen molar-refractivity contribution in [3.05, 3.63) is 72.3 Å². The van der Waals surface area contributed by atoms with Gasteiger partial charge >= 0.3 is 0 Å². The first-order valence-corrected chi connectivity index (χ1v) is 8.71. The lowest BCUT2D eigenvalue weighted by molar-refractivity contribution is -0.138. The number of hydrazone groups is 2. The quantitative estimate of drug-likeness (QED) is 0.671. The summed E-state index contributed by atoms with van der Waals surface area (Å²) in [6, 6.07) is 0. The maximum Gasteiger partial charge on any atom is 0.274 e. The molecular formula is C20H14N4O5. The van der Waals surface area contributed by atoms with E-state index in [0.29, 0.717) is 35.8 Å². The molecule has 2 aliphatic carbocycles. The monoisotopic (exact) mass is 390 g/mol. The predicted molar refractivity (Wildman–Crippen MR) is 102 cm³/mol. The first-order valence-electron chi connectivity index (χ1n) is 8.71. The lowest BCUT2D eigenvalue weighted by Crippen LogP contribution is -2.25. The molecule has 2 heterocycles. The normalized spacial score (nSPS) is 23.7. The van der Waals surface area contributed by atoms with Crippen molar-refractivity contribution in [1.29, 1.82) is 0 Å². The van der Waals surface area contributed by atoms with Gasteiger partial charge in [0, 0.05) is 37.1 Å². The highest BCUT2D eigenvalue weighted by atomic mass is 16.5. The van der Waals surface area contributed by atoms with E-state index in [9.17, 15) is 19.2 Å². The van der Waals surface area contributed by atoms with Gasteiger partial charge in [0.1, 0.15) is 11.5 Å². The molecule has 4 amide bonds. The van der Waals surface area contributed by atoms with Crippen LogP contribution in [0, 0.1) is 0 Å². The predicted octanol–water partition coefficient (Wildman–Crippen LogP) is 1.25. The Kier molecular flexibility index (Phi) is 4.70. The minimum atomic E-state index is -0.468. The van der Waals surface area contributed by atoms with Crippen LogP contribution in [0.2, 0.25) is 0 Å². The van der Waals surface area contributed by atoms with Crippen molar-refractivity contribution in [1.82, 2.24) is 10.0 Å². The summed E-state index contributed by atoms with van der Waals surface area (Å²) in [5.41, 5.74) is 1.11. The van der Waals surface area contributed by atoms with Crippen molar-refractivity contribution in [2.24, 2.45) is 10.2 Å². The molecule has 0 aromatic rings. The van der Waals surface area contributed by atoms with Gasteiger partial charge in [-0.3, -0.25) is 19.2 Å². The highest BCUT2D eigenvalue weighted by Gasteiger charge is 2.24. The van der Waals surface area contributed by atoms with Crippen LogP contribution < -0.4 is 0 Å². The molecule has 4 aliphatic rings. The van der Waals surface area contributed by atoms with Crippen LogP contribution in [-0.4, -0.2) is 45.1 Å². The molecule has 0 saturated heterocycles. The molecule has 0 bridgehead atoms. The molecule has 144 valence electrons. The highest BCUT2D eigenvalue weighted by Crippen LogP contribution is 2.19. The Hall–Kier alpha value is -4.14. The summed E-state index contributed by atoms with van der Waals surface area (Å²) in [7, 11) is 0. The molecule has 0 aromatic heterocycles. The summed E-state index contributed by atoms with van der Waals surface area (Å²) in [6.45, 7) is 0. The number of nitrogens with zero attached hydrogens (tertiary/aromatic N) is 4. The topological polar surface area (TPSA) is 109 Å². The van der Waals surface area contributed by atoms with Gasteiger partial charge in [-0.25, -0.2) is 0 Å². The maximum atomic E-state index is 11.5. The summed E-state index contributed by atoms with van der Waals surface area (Å²) in [4.78, 5) is 46.1. The molecule has 2 aliphatic heterocycles. The fraction of sp³-hybridized carbons (Fsp3) is 0.100. The van der Waals surface area contributed by atoms with E-state index in [1.165, 1.54) is 24.3 Å². The minimum Gasteiger partial charge on any atom is -0.458 e. The third-order valence-corrected chi connectivity index (χ3v) is 4.17. The van der Waals surface area contributed by atoms with Gasteiger partial charge in [0.2, 0.25) is 0 Å². The fourth-order valence-corrected chi connectivity index (χ4v) is 2.71. The molecule has 0 unspecified atom stereocenters. The van der Waals surface area contributed by atoms with Crippen molar-refractivity contribution in [3.63, 3.8) is 0 Å². The lowest BCUT2D eigenvalue weighted by Gasteiger charge is -2.15. The van der Waals surface area contributed by atoms with Crippen molar-refractivity contribution < 1.29 is 23.9 Å². The van der Waals surface area contributed by atoms with Crippen molar-refractivity contribution in [2.75, 3.05) is 0 Å². The highest BCUT2D eigenvalue weighted by molar-refractivity contribution is 6.14. The zero-order valence-electron chi connectivity index (χ0n) is 15.0. The van der Waals surface area contributed by atoms with Gasteiger partial charge in [-0.2, -0.15) is 20.2 Å². The van der Waals surface area contributed by atoms with E-state index in [0.717, 1.165) is 10.0 Å². The second-order valence-corrected chi connectivity index (χ2v) is 6.22. The summed E-state index contributed by atoms with van der Waals surface area (Å²) >= 11 is 0. The fourth-order valence-electron chi connectivity index (χ4n) is 2.71. The number of carbonyl (C=O) groups excluding carboxylic acids is 4. The first-order chi connectivity index (χ1) is 14.0. The van der Waals surface area contributed by atoms with Gasteiger partial charge in [-0.05, 0) is 36.5 Å². The zero-order chi connectivity index (χ0) is 20.4. The molecule has 0 saturated carbocycles. The minimum absolute atomic E-state index is 0.402. The van der Waals surface area contributed by atoms with Gasteiger partial charge in [-0.1, -0.05) is 0 Å². The van der Waals surface area contributed by atoms with Crippen LogP contribution >= 0.6 is 0 Å². The number of hydrogen-bond donors (Lipinski definition) is 0. The average Bonchev–Trinajstić information content (AvgIpc) is 3.21. The SMILES string of the molecule is O=C1C=CC(=O)N1N=C1C=CC(OC2=CCC(=NN3C(=O)C=CC3=O)C=C2)=CC1. The lowest BCUT2D eigenvalue weighted by atomic mass is 10.1. The van der Waals surface area contributed by atoms with Gasteiger partial charge in [0.25, 0.3) is 23.6 Å². The second-order valence-electron chi connectivity index (χ2n) is 6.22. The molecule has 0 radical (unpaired) electrons. The van der Waals surface area contributed by atoms with E-state index >= 15 is 0 Å². The van der Waals surface area contributed by atoms with E-state index in [-0.39, 0.29) is 0 Å². The molecule has 29 heavy (non-hydrogen) atoms. The van der Waals surface area contributed by atoms with Crippen LogP contribution in [0.3, 0.4) is 0 Å². The smallest absolute Gasteiger partial charge is 0.274 e. The summed E-state index contributed by atoms with van der Waals surface area (Å²) in [6.07, 6.45) is 15.8. The Morgan fingerprint density at radius 1 is 0.586 bits per heavy atom. The molecule has 0 fully saturated rings. The van der Waals surface area contributed by atoms with Gasteiger partial charge < -0.3 is 4.74 Å². The van der Waals surface area contributed by atoms with Crippen LogP contribution in [0.1, 0.15) is 12.8 Å². The average molecular weight is 390 g/mol. The van der Waals surface area contributed by atoms with Crippen LogP contribution in [-0.2, 0) is 23.9 Å². The number of allylic oxidation sites excluding steroid dienone is 6. The van der Waals surface area contributed by atoms with E-state index in [4.69, 9.17) is 4.74 Å². The summed E-state index contributed by atoms with van der Waals surface area (Å²) < 4.78 is 5.77. The Morgan fingerprint density at radius 3 is 1.28 bits per heavy atom. The van der Waals surface area contributed by atoms with E-state index in [2.05, 4.69) is 10.2 Å². The molecular weight excluding hydrogens is 376 g/mol. The standard InChI is InChI=1S/C20H14N4O5/c25-17-9-10-18(26)23(17)21-13-1-5-15(6-2-13)29-16-7-3-14(4-8-16)22-24-19(27)11-12-20(24)28/h1,3,5-12H,2,4H2. The van der Waals surface area contributed by atoms with Crippen LogP contribution in [0.4, 0.5) is 0 Å². The molecule has 9 heteroatoms. The molecule has 0 spiro atoms.